The number of carbonyl (C=O) groups is 1. The van der Waals surface area contributed by atoms with Gasteiger partial charge in [-0.05, 0) is 64.8 Å². The third-order valence-electron chi connectivity index (χ3n) is 5.66. The third kappa shape index (κ3) is 5.75. The number of nitrogens with zero attached hydrogens (tertiary/aromatic N) is 6. The number of aromatic nitrogens is 5. The number of ether oxygens (including phenoxy) is 1. The van der Waals surface area contributed by atoms with Gasteiger partial charge in [0.2, 0.25) is 5.95 Å². The van der Waals surface area contributed by atoms with Gasteiger partial charge < -0.3 is 15.0 Å². The molecule has 0 fully saturated rings. The van der Waals surface area contributed by atoms with Gasteiger partial charge in [-0.25, -0.2) is 9.78 Å². The molecule has 1 aliphatic heterocycles. The average molecular weight is 519 g/mol. The van der Waals surface area contributed by atoms with Crippen LogP contribution in [-0.2, 0) is 17.3 Å². The molecular formula is C24H29F3N8O2. The number of pyridine rings is 2. The van der Waals surface area contributed by atoms with Crippen LogP contribution in [0.3, 0.4) is 0 Å². The lowest BCUT2D eigenvalue weighted by atomic mass is 10.2. The second-order valence-corrected chi connectivity index (χ2v) is 9.97. The highest BCUT2D eigenvalue weighted by Gasteiger charge is 2.38. The monoisotopic (exact) mass is 518 g/mol. The van der Waals surface area contributed by atoms with Gasteiger partial charge >= 0.3 is 12.3 Å². The summed E-state index contributed by atoms with van der Waals surface area (Å²) in [5.41, 5.74) is 0.229. The van der Waals surface area contributed by atoms with Crippen molar-refractivity contribution in [2.75, 3.05) is 28.7 Å². The maximum atomic E-state index is 13.8. The van der Waals surface area contributed by atoms with E-state index in [-0.39, 0.29) is 11.8 Å². The number of amides is 1. The minimum absolute atomic E-state index is 0.0231. The van der Waals surface area contributed by atoms with Crippen LogP contribution in [-0.4, -0.2) is 56.5 Å². The molecule has 3 aromatic heterocycles. The Morgan fingerprint density at radius 2 is 1.95 bits per heavy atom. The Morgan fingerprint density at radius 3 is 2.59 bits per heavy atom. The van der Waals surface area contributed by atoms with Gasteiger partial charge in [0.15, 0.2) is 11.5 Å². The maximum absolute atomic E-state index is 13.8. The molecule has 0 aliphatic carbocycles. The van der Waals surface area contributed by atoms with Crippen molar-refractivity contribution in [3.8, 4) is 11.5 Å². The predicted molar refractivity (Wildman–Crippen MR) is 133 cm³/mol. The quantitative estimate of drug-likeness (QED) is 0.476. The lowest BCUT2D eigenvalue weighted by Gasteiger charge is -2.26. The van der Waals surface area contributed by atoms with Crippen LogP contribution in [0, 0.1) is 0 Å². The standard InChI is InChI=1S/C24H29F3N8O2/c1-13(2)35-10-9-14-11-15(28-12-17(14)35)20-31-21(33-32-20)30-18-8-7-16(19(29-18)24(25,26)27)34(6)22(36)37-23(3,4)5/h7-8,11-13H,9-10H2,1-6H3,(H2,29,30,31,32,33). The second-order valence-electron chi connectivity index (χ2n) is 9.97. The SMILES string of the molecule is CC(C)N1CCc2cc(-c3nc(Nc4ccc(N(C)C(=O)OC(C)(C)C)c(C(F)(F)F)n4)n[nH]3)ncc21. The van der Waals surface area contributed by atoms with E-state index in [1.165, 1.54) is 13.1 Å². The van der Waals surface area contributed by atoms with Crippen molar-refractivity contribution in [2.45, 2.75) is 58.9 Å². The van der Waals surface area contributed by atoms with Crippen molar-refractivity contribution in [3.05, 3.63) is 35.7 Å². The molecule has 1 amide bonds. The van der Waals surface area contributed by atoms with Crippen LogP contribution >= 0.6 is 0 Å². The molecule has 0 bridgehead atoms. The van der Waals surface area contributed by atoms with Crippen molar-refractivity contribution in [1.29, 1.82) is 0 Å². The molecular weight excluding hydrogens is 489 g/mol. The Kier molecular flexibility index (Phi) is 6.74. The van der Waals surface area contributed by atoms with Crippen LogP contribution < -0.4 is 15.1 Å². The molecule has 3 aromatic rings. The molecule has 0 atom stereocenters. The van der Waals surface area contributed by atoms with Crippen LogP contribution in [0.15, 0.2) is 24.4 Å². The number of H-pyrrole nitrogens is 1. The molecule has 37 heavy (non-hydrogen) atoms. The van der Waals surface area contributed by atoms with Crippen molar-refractivity contribution < 1.29 is 22.7 Å². The fourth-order valence-electron chi connectivity index (χ4n) is 3.95. The highest BCUT2D eigenvalue weighted by atomic mass is 19.4. The number of rotatable bonds is 5. The summed E-state index contributed by atoms with van der Waals surface area (Å²) in [6.45, 7) is 10.0. The molecule has 0 unspecified atom stereocenters. The molecule has 0 radical (unpaired) electrons. The first-order valence-corrected chi connectivity index (χ1v) is 11.7. The first-order valence-electron chi connectivity index (χ1n) is 11.7. The molecule has 0 saturated carbocycles. The fourth-order valence-corrected chi connectivity index (χ4v) is 3.95. The summed E-state index contributed by atoms with van der Waals surface area (Å²) < 4.78 is 46.6. The molecule has 13 heteroatoms. The Labute approximate surface area is 212 Å². The van der Waals surface area contributed by atoms with E-state index in [9.17, 15) is 18.0 Å². The molecule has 4 rings (SSSR count). The van der Waals surface area contributed by atoms with E-state index < -0.39 is 29.3 Å². The van der Waals surface area contributed by atoms with Crippen LogP contribution in [0.1, 0.15) is 45.9 Å². The number of alkyl halides is 3. The summed E-state index contributed by atoms with van der Waals surface area (Å²) in [7, 11) is 1.19. The first kappa shape index (κ1) is 26.2. The Morgan fingerprint density at radius 1 is 1.22 bits per heavy atom. The third-order valence-corrected chi connectivity index (χ3v) is 5.66. The summed E-state index contributed by atoms with van der Waals surface area (Å²) >= 11 is 0. The topological polar surface area (TPSA) is 112 Å². The summed E-state index contributed by atoms with van der Waals surface area (Å²) in [4.78, 5) is 27.9. The maximum Gasteiger partial charge on any atom is 0.435 e. The van der Waals surface area contributed by atoms with Gasteiger partial charge in [0, 0.05) is 19.6 Å². The highest BCUT2D eigenvalue weighted by molar-refractivity contribution is 5.88. The van der Waals surface area contributed by atoms with Crippen LogP contribution in [0.5, 0.6) is 0 Å². The lowest BCUT2D eigenvalue weighted by Crippen LogP contribution is -2.35. The fraction of sp³-hybridized carbons (Fsp3) is 0.458. The van der Waals surface area contributed by atoms with E-state index in [0.29, 0.717) is 17.6 Å². The van der Waals surface area contributed by atoms with Crippen molar-refractivity contribution in [1.82, 2.24) is 25.1 Å². The van der Waals surface area contributed by atoms with Crippen molar-refractivity contribution in [2.24, 2.45) is 0 Å². The van der Waals surface area contributed by atoms with Gasteiger partial charge in [-0.1, -0.05) is 0 Å². The summed E-state index contributed by atoms with van der Waals surface area (Å²) in [6, 6.07) is 4.73. The van der Waals surface area contributed by atoms with Crippen molar-refractivity contribution >= 4 is 29.2 Å². The van der Waals surface area contributed by atoms with E-state index in [2.05, 4.69) is 49.2 Å². The molecule has 0 aromatic carbocycles. The first-order chi connectivity index (χ1) is 17.2. The molecule has 4 heterocycles. The van der Waals surface area contributed by atoms with Gasteiger partial charge in [-0.3, -0.25) is 15.0 Å². The molecule has 2 N–H and O–H groups in total. The number of nitrogens with one attached hydrogen (secondary N) is 2. The van der Waals surface area contributed by atoms with Gasteiger partial charge in [0.25, 0.3) is 0 Å². The number of hydrogen-bond acceptors (Lipinski definition) is 8. The number of aromatic amines is 1. The van der Waals surface area contributed by atoms with E-state index >= 15 is 0 Å². The van der Waals surface area contributed by atoms with E-state index in [4.69, 9.17) is 4.74 Å². The normalized spacial score (nSPS) is 13.6. The van der Waals surface area contributed by atoms with Crippen LogP contribution in [0.2, 0.25) is 0 Å². The number of halogens is 3. The summed E-state index contributed by atoms with van der Waals surface area (Å²) in [6.07, 6.45) is -3.08. The van der Waals surface area contributed by atoms with Gasteiger partial charge in [-0.2, -0.15) is 18.2 Å². The number of anilines is 4. The number of fused-ring (bicyclic) bond motifs is 1. The van der Waals surface area contributed by atoms with Crippen molar-refractivity contribution in [3.63, 3.8) is 0 Å². The Bertz CT molecular complexity index is 1300. The largest absolute Gasteiger partial charge is 0.443 e. The average Bonchev–Trinajstić information content (AvgIpc) is 3.43. The number of carbonyl (C=O) groups excluding carboxylic acids is 1. The van der Waals surface area contributed by atoms with Crippen LogP contribution in [0.25, 0.3) is 11.5 Å². The zero-order valence-corrected chi connectivity index (χ0v) is 21.4. The molecule has 10 nitrogen and oxygen atoms in total. The smallest absolute Gasteiger partial charge is 0.435 e. The molecule has 198 valence electrons. The Hall–Kier alpha value is -3.90. The minimum atomic E-state index is -4.83. The molecule has 1 aliphatic rings. The van der Waals surface area contributed by atoms with E-state index in [1.807, 2.05) is 6.07 Å². The highest BCUT2D eigenvalue weighted by Crippen LogP contribution is 2.37. The Balaban J connectivity index is 1.55. The summed E-state index contributed by atoms with van der Waals surface area (Å²) in [5.74, 6) is 0.245. The predicted octanol–water partition coefficient (Wildman–Crippen LogP) is 5.17. The summed E-state index contributed by atoms with van der Waals surface area (Å²) in [5, 5.41) is 9.48. The lowest BCUT2D eigenvalue weighted by molar-refractivity contribution is -0.140. The second kappa shape index (κ2) is 9.52. The number of hydrogen-bond donors (Lipinski definition) is 2. The molecule has 0 spiro atoms. The zero-order chi connectivity index (χ0) is 27.1. The van der Waals surface area contributed by atoms with Gasteiger partial charge in [0.1, 0.15) is 17.1 Å². The van der Waals surface area contributed by atoms with Crippen LogP contribution in [0.4, 0.5) is 41.1 Å². The van der Waals surface area contributed by atoms with Gasteiger partial charge in [-0.15, -0.1) is 5.10 Å². The van der Waals surface area contributed by atoms with E-state index in [1.54, 1.807) is 27.0 Å². The zero-order valence-electron chi connectivity index (χ0n) is 21.4. The van der Waals surface area contributed by atoms with Gasteiger partial charge in [0.05, 0.1) is 17.6 Å². The van der Waals surface area contributed by atoms with E-state index in [0.717, 1.165) is 35.2 Å². The molecule has 0 saturated heterocycles. The minimum Gasteiger partial charge on any atom is -0.443 e.